The fourth-order valence-electron chi connectivity index (χ4n) is 3.85. The maximum absolute atomic E-state index is 13.5. The molecule has 2 amide bonds. The number of halogens is 2. The van der Waals surface area contributed by atoms with Crippen LogP contribution in [0.2, 0.25) is 10.0 Å². The van der Waals surface area contributed by atoms with E-state index in [9.17, 15) is 9.59 Å². The van der Waals surface area contributed by atoms with Crippen molar-refractivity contribution in [2.24, 2.45) is 0 Å². The maximum Gasteiger partial charge on any atom is 0.242 e. The van der Waals surface area contributed by atoms with Gasteiger partial charge in [-0.2, -0.15) is 0 Å². The van der Waals surface area contributed by atoms with Gasteiger partial charge in [0.15, 0.2) is 0 Å². The highest BCUT2D eigenvalue weighted by molar-refractivity contribution is 6.36. The maximum atomic E-state index is 13.5. The number of amides is 2. The van der Waals surface area contributed by atoms with Gasteiger partial charge in [0.25, 0.3) is 0 Å². The second kappa shape index (κ2) is 13.2. The molecule has 0 saturated heterocycles. The van der Waals surface area contributed by atoms with Crippen molar-refractivity contribution in [3.8, 4) is 0 Å². The van der Waals surface area contributed by atoms with Crippen LogP contribution < -0.4 is 5.32 Å². The molecule has 2 rings (SSSR count). The van der Waals surface area contributed by atoms with Crippen molar-refractivity contribution in [1.82, 2.24) is 10.2 Å². The minimum absolute atomic E-state index is 0.0822. The zero-order valence-corrected chi connectivity index (χ0v) is 22.6. The molecule has 0 radical (unpaired) electrons. The summed E-state index contributed by atoms with van der Waals surface area (Å²) in [6.07, 6.45) is 3.30. The predicted octanol–water partition coefficient (Wildman–Crippen LogP) is 6.95. The van der Waals surface area contributed by atoms with Gasteiger partial charge in [-0.1, -0.05) is 94.6 Å². The first kappa shape index (κ1) is 28.2. The van der Waals surface area contributed by atoms with E-state index < -0.39 is 6.04 Å². The number of benzene rings is 2. The van der Waals surface area contributed by atoms with E-state index in [0.717, 1.165) is 18.4 Å². The summed E-state index contributed by atoms with van der Waals surface area (Å²) in [6.45, 7) is 11.3. The van der Waals surface area contributed by atoms with Crippen LogP contribution in [0.3, 0.4) is 0 Å². The van der Waals surface area contributed by atoms with Crippen LogP contribution in [0.1, 0.15) is 77.0 Å². The smallest absolute Gasteiger partial charge is 0.242 e. The van der Waals surface area contributed by atoms with Crippen molar-refractivity contribution in [1.29, 1.82) is 0 Å². The molecular weight excluding hydrogens is 467 g/mol. The van der Waals surface area contributed by atoms with Crippen LogP contribution in [0.4, 0.5) is 0 Å². The molecule has 0 unspecified atom stereocenters. The number of hydrogen-bond acceptors (Lipinski definition) is 2. The lowest BCUT2D eigenvalue weighted by molar-refractivity contribution is -0.141. The van der Waals surface area contributed by atoms with Gasteiger partial charge < -0.3 is 10.2 Å². The van der Waals surface area contributed by atoms with Crippen LogP contribution in [0.25, 0.3) is 0 Å². The Hall–Kier alpha value is -2.04. The van der Waals surface area contributed by atoms with Gasteiger partial charge in [-0.25, -0.2) is 0 Å². The number of hydrogen-bond donors (Lipinski definition) is 1. The van der Waals surface area contributed by atoms with E-state index in [1.807, 2.05) is 6.92 Å². The molecule has 0 aromatic heterocycles. The lowest BCUT2D eigenvalue weighted by Gasteiger charge is -2.31. The standard InChI is InChI=1S/C28H38Cl2N2O2/c1-6-8-18-31-27(34)25(7-2)32(19-22-23(29)10-9-11-24(22)30)26(33)17-14-20-12-15-21(16-13-20)28(3,4)5/h9-13,15-16,25H,6-8,14,17-19H2,1-5H3,(H,31,34)/t25-/m1/s1. The Morgan fingerprint density at radius 1 is 1.00 bits per heavy atom. The number of nitrogens with one attached hydrogen (secondary N) is 1. The van der Waals surface area contributed by atoms with Crippen LogP contribution in [0.5, 0.6) is 0 Å². The minimum Gasteiger partial charge on any atom is -0.354 e. The van der Waals surface area contributed by atoms with Gasteiger partial charge in [0.05, 0.1) is 0 Å². The monoisotopic (exact) mass is 504 g/mol. The van der Waals surface area contributed by atoms with Gasteiger partial charge in [0, 0.05) is 35.1 Å². The topological polar surface area (TPSA) is 49.4 Å². The number of nitrogens with zero attached hydrogens (tertiary/aromatic N) is 1. The summed E-state index contributed by atoms with van der Waals surface area (Å²) in [5, 5.41) is 3.96. The molecule has 0 aliphatic carbocycles. The van der Waals surface area contributed by atoms with E-state index >= 15 is 0 Å². The van der Waals surface area contributed by atoms with Gasteiger partial charge in [0.1, 0.15) is 6.04 Å². The van der Waals surface area contributed by atoms with Crippen molar-refractivity contribution in [2.45, 2.75) is 84.7 Å². The van der Waals surface area contributed by atoms with E-state index in [1.165, 1.54) is 5.56 Å². The first-order valence-corrected chi connectivity index (χ1v) is 12.9. The third kappa shape index (κ3) is 8.02. The van der Waals surface area contributed by atoms with Gasteiger partial charge in [-0.15, -0.1) is 0 Å². The highest BCUT2D eigenvalue weighted by atomic mass is 35.5. The first-order chi connectivity index (χ1) is 16.1. The fourth-order valence-corrected chi connectivity index (χ4v) is 4.36. The average Bonchev–Trinajstić information content (AvgIpc) is 2.79. The van der Waals surface area contributed by atoms with Gasteiger partial charge in [0.2, 0.25) is 11.8 Å². The molecule has 6 heteroatoms. The molecule has 1 N–H and O–H groups in total. The summed E-state index contributed by atoms with van der Waals surface area (Å²) < 4.78 is 0. The van der Waals surface area contributed by atoms with Crippen molar-refractivity contribution < 1.29 is 9.59 Å². The summed E-state index contributed by atoms with van der Waals surface area (Å²) >= 11 is 12.8. The van der Waals surface area contributed by atoms with Gasteiger partial charge >= 0.3 is 0 Å². The molecule has 0 aliphatic rings. The molecular formula is C28H38Cl2N2O2. The predicted molar refractivity (Wildman–Crippen MR) is 142 cm³/mol. The molecule has 2 aromatic rings. The summed E-state index contributed by atoms with van der Waals surface area (Å²) in [5.41, 5.74) is 3.09. The Morgan fingerprint density at radius 2 is 1.62 bits per heavy atom. The molecule has 0 spiro atoms. The third-order valence-electron chi connectivity index (χ3n) is 6.05. The summed E-state index contributed by atoms with van der Waals surface area (Å²) in [7, 11) is 0. The first-order valence-electron chi connectivity index (χ1n) is 12.2. The molecule has 186 valence electrons. The van der Waals surface area contributed by atoms with E-state index in [2.05, 4.69) is 57.3 Å². The number of carbonyl (C=O) groups excluding carboxylic acids is 2. The molecule has 0 saturated carbocycles. The highest BCUT2D eigenvalue weighted by Gasteiger charge is 2.29. The second-order valence-electron chi connectivity index (χ2n) is 9.74. The molecule has 4 nitrogen and oxygen atoms in total. The SMILES string of the molecule is CCCCNC(=O)[C@@H](CC)N(Cc1c(Cl)cccc1Cl)C(=O)CCc1ccc(C(C)(C)C)cc1. The van der Waals surface area contributed by atoms with Crippen LogP contribution in [0.15, 0.2) is 42.5 Å². The van der Waals surface area contributed by atoms with Crippen molar-refractivity contribution in [3.63, 3.8) is 0 Å². The molecule has 0 bridgehead atoms. The third-order valence-corrected chi connectivity index (χ3v) is 6.76. The molecule has 0 fully saturated rings. The lowest BCUT2D eigenvalue weighted by Crippen LogP contribution is -2.49. The molecule has 0 heterocycles. The van der Waals surface area contributed by atoms with Crippen LogP contribution in [-0.4, -0.2) is 29.3 Å². The van der Waals surface area contributed by atoms with Crippen molar-refractivity contribution in [3.05, 3.63) is 69.2 Å². The Balaban J connectivity index is 2.23. The van der Waals surface area contributed by atoms with E-state index in [4.69, 9.17) is 23.2 Å². The van der Waals surface area contributed by atoms with Gasteiger partial charge in [-0.05, 0) is 47.9 Å². The van der Waals surface area contributed by atoms with E-state index in [-0.39, 0.29) is 23.8 Å². The summed E-state index contributed by atoms with van der Waals surface area (Å²) in [6, 6.07) is 13.1. The Labute approximate surface area is 215 Å². The summed E-state index contributed by atoms with van der Waals surface area (Å²) in [4.78, 5) is 28.1. The molecule has 0 aliphatic heterocycles. The summed E-state index contributed by atoms with van der Waals surface area (Å²) in [5.74, 6) is -0.226. The lowest BCUT2D eigenvalue weighted by atomic mass is 9.86. The van der Waals surface area contributed by atoms with Crippen LogP contribution in [0, 0.1) is 0 Å². The zero-order chi connectivity index (χ0) is 25.3. The van der Waals surface area contributed by atoms with E-state index in [0.29, 0.717) is 41.4 Å². The Morgan fingerprint density at radius 3 is 2.15 bits per heavy atom. The average molecular weight is 506 g/mol. The Kier molecular flexibility index (Phi) is 10.9. The zero-order valence-electron chi connectivity index (χ0n) is 21.1. The number of carbonyl (C=O) groups is 2. The van der Waals surface area contributed by atoms with Crippen LogP contribution in [-0.2, 0) is 28.0 Å². The molecule has 34 heavy (non-hydrogen) atoms. The fraction of sp³-hybridized carbons (Fsp3) is 0.500. The Bertz CT molecular complexity index is 932. The number of unbranched alkanes of at least 4 members (excludes halogenated alkanes) is 1. The minimum atomic E-state index is -0.583. The van der Waals surface area contributed by atoms with Crippen molar-refractivity contribution >= 4 is 35.0 Å². The van der Waals surface area contributed by atoms with Crippen LogP contribution >= 0.6 is 23.2 Å². The van der Waals surface area contributed by atoms with Crippen molar-refractivity contribution in [2.75, 3.05) is 6.54 Å². The second-order valence-corrected chi connectivity index (χ2v) is 10.6. The molecule has 1 atom stereocenters. The van der Waals surface area contributed by atoms with Gasteiger partial charge in [-0.3, -0.25) is 9.59 Å². The number of aryl methyl sites for hydroxylation is 1. The van der Waals surface area contributed by atoms with E-state index in [1.54, 1.807) is 23.1 Å². The largest absolute Gasteiger partial charge is 0.354 e. The highest BCUT2D eigenvalue weighted by Crippen LogP contribution is 2.28. The number of rotatable bonds is 11. The normalized spacial score (nSPS) is 12.3. The molecule has 2 aromatic carbocycles. The quantitative estimate of drug-likeness (QED) is 0.336.